The van der Waals surface area contributed by atoms with Crippen molar-refractivity contribution in [3.05, 3.63) is 47.8 Å². The van der Waals surface area contributed by atoms with Crippen LogP contribution in [0.5, 0.6) is 17.2 Å². The molecule has 7 nitrogen and oxygen atoms in total. The summed E-state index contributed by atoms with van der Waals surface area (Å²) in [5, 5.41) is 6.48. The van der Waals surface area contributed by atoms with Crippen LogP contribution in [-0.4, -0.2) is 39.3 Å². The molecule has 0 spiro atoms. The SMILES string of the molecule is CN=C(NCc1ccccn1)NCc1ccc(OC)c(OC)c1OC.I. The van der Waals surface area contributed by atoms with E-state index in [1.165, 1.54) is 0 Å². The van der Waals surface area contributed by atoms with Gasteiger partial charge in [0.15, 0.2) is 17.5 Å². The summed E-state index contributed by atoms with van der Waals surface area (Å²) in [6, 6.07) is 9.58. The Morgan fingerprint density at radius 3 is 2.27 bits per heavy atom. The quantitative estimate of drug-likeness (QED) is 0.367. The second-order valence-electron chi connectivity index (χ2n) is 5.09. The Kier molecular flexibility index (Phi) is 9.56. The number of nitrogens with zero attached hydrogens (tertiary/aromatic N) is 2. The molecule has 0 aliphatic rings. The fraction of sp³-hybridized carbons (Fsp3) is 0.333. The zero-order chi connectivity index (χ0) is 18.1. The van der Waals surface area contributed by atoms with Crippen LogP contribution in [0.4, 0.5) is 0 Å². The summed E-state index contributed by atoms with van der Waals surface area (Å²) in [6.45, 7) is 1.11. The minimum Gasteiger partial charge on any atom is -0.493 e. The fourth-order valence-corrected chi connectivity index (χ4v) is 2.38. The van der Waals surface area contributed by atoms with Gasteiger partial charge in [-0.3, -0.25) is 9.98 Å². The van der Waals surface area contributed by atoms with Gasteiger partial charge in [0.25, 0.3) is 0 Å². The second kappa shape index (κ2) is 11.4. The third kappa shape index (κ3) is 5.65. The Morgan fingerprint density at radius 2 is 1.69 bits per heavy atom. The van der Waals surface area contributed by atoms with Crippen LogP contribution < -0.4 is 24.8 Å². The molecule has 26 heavy (non-hydrogen) atoms. The topological polar surface area (TPSA) is 77.0 Å². The summed E-state index contributed by atoms with van der Waals surface area (Å²) in [6.07, 6.45) is 1.77. The van der Waals surface area contributed by atoms with Crippen LogP contribution in [0.1, 0.15) is 11.3 Å². The van der Waals surface area contributed by atoms with Gasteiger partial charge in [-0.05, 0) is 24.3 Å². The lowest BCUT2D eigenvalue weighted by Gasteiger charge is -2.17. The van der Waals surface area contributed by atoms with E-state index < -0.39 is 0 Å². The normalized spacial score (nSPS) is 10.5. The minimum atomic E-state index is 0. The molecule has 1 aromatic carbocycles. The Balaban J connectivity index is 0.00000338. The first-order valence-electron chi connectivity index (χ1n) is 7.85. The van der Waals surface area contributed by atoms with E-state index >= 15 is 0 Å². The Bertz CT molecular complexity index is 711. The van der Waals surface area contributed by atoms with Crippen LogP contribution in [0.2, 0.25) is 0 Å². The van der Waals surface area contributed by atoms with E-state index in [1.54, 1.807) is 34.6 Å². The molecule has 0 amide bonds. The first-order chi connectivity index (χ1) is 12.2. The van der Waals surface area contributed by atoms with Gasteiger partial charge in [-0.1, -0.05) is 6.07 Å². The van der Waals surface area contributed by atoms with Gasteiger partial charge in [0.1, 0.15) is 0 Å². The van der Waals surface area contributed by atoms with Crippen molar-refractivity contribution < 1.29 is 14.2 Å². The molecule has 1 heterocycles. The van der Waals surface area contributed by atoms with Crippen molar-refractivity contribution in [2.24, 2.45) is 4.99 Å². The number of rotatable bonds is 7. The summed E-state index contributed by atoms with van der Waals surface area (Å²) >= 11 is 0. The highest BCUT2D eigenvalue weighted by atomic mass is 127. The Morgan fingerprint density at radius 1 is 0.962 bits per heavy atom. The number of halogens is 1. The number of pyridine rings is 1. The maximum atomic E-state index is 5.49. The highest BCUT2D eigenvalue weighted by Crippen LogP contribution is 2.39. The van der Waals surface area contributed by atoms with Gasteiger partial charge in [0.2, 0.25) is 5.75 Å². The van der Waals surface area contributed by atoms with E-state index in [9.17, 15) is 0 Å². The van der Waals surface area contributed by atoms with Crippen LogP contribution in [0.15, 0.2) is 41.5 Å². The third-order valence-electron chi connectivity index (χ3n) is 3.62. The number of methoxy groups -OCH3 is 3. The predicted molar refractivity (Wildman–Crippen MR) is 113 cm³/mol. The molecular weight excluding hydrogens is 447 g/mol. The number of hydrogen-bond acceptors (Lipinski definition) is 5. The fourth-order valence-electron chi connectivity index (χ4n) is 2.38. The molecule has 0 radical (unpaired) electrons. The molecule has 142 valence electrons. The standard InChI is InChI=1S/C18H24N4O3.HI/c1-19-18(22-12-14-7-5-6-10-20-14)21-11-13-8-9-15(23-2)17(25-4)16(13)24-3;/h5-10H,11-12H2,1-4H3,(H2,19,21,22);1H. The molecule has 0 unspecified atom stereocenters. The van der Waals surface area contributed by atoms with Crippen molar-refractivity contribution in [2.75, 3.05) is 28.4 Å². The summed E-state index contributed by atoms with van der Waals surface area (Å²) in [5.74, 6) is 2.50. The molecule has 8 heteroatoms. The van der Waals surface area contributed by atoms with E-state index in [4.69, 9.17) is 14.2 Å². The van der Waals surface area contributed by atoms with Gasteiger partial charge in [-0.25, -0.2) is 0 Å². The van der Waals surface area contributed by atoms with Crippen molar-refractivity contribution in [1.82, 2.24) is 15.6 Å². The van der Waals surface area contributed by atoms with Gasteiger partial charge in [0, 0.05) is 25.4 Å². The smallest absolute Gasteiger partial charge is 0.203 e. The van der Waals surface area contributed by atoms with Gasteiger partial charge in [0.05, 0.1) is 33.6 Å². The monoisotopic (exact) mass is 472 g/mol. The summed E-state index contributed by atoms with van der Waals surface area (Å²) in [5.41, 5.74) is 1.87. The van der Waals surface area contributed by atoms with E-state index in [0.717, 1.165) is 11.3 Å². The maximum Gasteiger partial charge on any atom is 0.203 e. The second-order valence-corrected chi connectivity index (χ2v) is 5.09. The highest BCUT2D eigenvalue weighted by Gasteiger charge is 2.15. The molecule has 2 rings (SSSR count). The molecule has 0 fully saturated rings. The van der Waals surface area contributed by atoms with Crippen molar-refractivity contribution in [3.63, 3.8) is 0 Å². The average Bonchev–Trinajstić information content (AvgIpc) is 2.67. The summed E-state index contributed by atoms with van der Waals surface area (Å²) in [7, 11) is 6.51. The number of aromatic nitrogens is 1. The van der Waals surface area contributed by atoms with Gasteiger partial charge < -0.3 is 24.8 Å². The lowest BCUT2D eigenvalue weighted by molar-refractivity contribution is 0.322. The van der Waals surface area contributed by atoms with E-state index in [0.29, 0.717) is 36.3 Å². The zero-order valence-corrected chi connectivity index (χ0v) is 17.7. The molecular formula is C18H25IN4O3. The molecule has 0 aliphatic heterocycles. The number of hydrogen-bond donors (Lipinski definition) is 2. The van der Waals surface area contributed by atoms with Crippen LogP contribution in [0.25, 0.3) is 0 Å². The van der Waals surface area contributed by atoms with Crippen molar-refractivity contribution >= 4 is 29.9 Å². The molecule has 0 saturated carbocycles. The van der Waals surface area contributed by atoms with Crippen molar-refractivity contribution in [3.8, 4) is 17.2 Å². The van der Waals surface area contributed by atoms with Crippen molar-refractivity contribution in [2.45, 2.75) is 13.1 Å². The zero-order valence-electron chi connectivity index (χ0n) is 15.4. The lowest BCUT2D eigenvalue weighted by Crippen LogP contribution is -2.36. The van der Waals surface area contributed by atoms with Crippen LogP contribution in [0.3, 0.4) is 0 Å². The van der Waals surface area contributed by atoms with Gasteiger partial charge in [-0.2, -0.15) is 0 Å². The molecule has 0 atom stereocenters. The summed E-state index contributed by atoms with van der Waals surface area (Å²) in [4.78, 5) is 8.50. The first kappa shape index (κ1) is 21.8. The number of aliphatic imine (C=N–C) groups is 1. The number of nitrogens with one attached hydrogen (secondary N) is 2. The molecule has 0 bridgehead atoms. The van der Waals surface area contributed by atoms with E-state index in [-0.39, 0.29) is 24.0 Å². The van der Waals surface area contributed by atoms with E-state index in [1.807, 2.05) is 30.3 Å². The lowest BCUT2D eigenvalue weighted by atomic mass is 10.1. The molecule has 0 aliphatic carbocycles. The first-order valence-corrected chi connectivity index (χ1v) is 7.85. The van der Waals surface area contributed by atoms with E-state index in [2.05, 4.69) is 20.6 Å². The van der Waals surface area contributed by atoms with Crippen LogP contribution in [-0.2, 0) is 13.1 Å². The minimum absolute atomic E-state index is 0. The predicted octanol–water partition coefficient (Wildman–Crippen LogP) is 2.59. The molecule has 0 saturated heterocycles. The van der Waals surface area contributed by atoms with Crippen LogP contribution in [0, 0.1) is 0 Å². The average molecular weight is 472 g/mol. The molecule has 1 aromatic heterocycles. The molecule has 2 aromatic rings. The number of guanidine groups is 1. The summed E-state index contributed by atoms with van der Waals surface area (Å²) < 4.78 is 16.2. The highest BCUT2D eigenvalue weighted by molar-refractivity contribution is 14.0. The van der Waals surface area contributed by atoms with Crippen molar-refractivity contribution in [1.29, 1.82) is 0 Å². The largest absolute Gasteiger partial charge is 0.493 e. The number of benzene rings is 1. The maximum absolute atomic E-state index is 5.49. The number of ether oxygens (including phenoxy) is 3. The molecule has 2 N–H and O–H groups in total. The van der Waals surface area contributed by atoms with Gasteiger partial charge >= 0.3 is 0 Å². The third-order valence-corrected chi connectivity index (χ3v) is 3.62. The van der Waals surface area contributed by atoms with Crippen LogP contribution >= 0.6 is 24.0 Å². The Labute approximate surface area is 171 Å². The van der Waals surface area contributed by atoms with Gasteiger partial charge in [-0.15, -0.1) is 24.0 Å². The Hall–Kier alpha value is -2.23.